The first kappa shape index (κ1) is 24.3. The number of amides is 1. The van der Waals surface area contributed by atoms with E-state index in [0.29, 0.717) is 18.6 Å². The summed E-state index contributed by atoms with van der Waals surface area (Å²) in [4.78, 5) is 13.1. The molecule has 1 aromatic rings. The average Bonchev–Trinajstić information content (AvgIpc) is 2.54. The molecule has 1 aliphatic rings. The molecule has 2 atom stereocenters. The van der Waals surface area contributed by atoms with Gasteiger partial charge in [0.05, 0.1) is 21.8 Å². The summed E-state index contributed by atoms with van der Waals surface area (Å²) in [6.45, 7) is 16.5. The van der Waals surface area contributed by atoms with Crippen LogP contribution in [-0.2, 0) is 9.84 Å². The standard InChI is InChI=1S/C21H33BrFNO4Si/c1-19(2,3)29(7,8)28-10-9-21(6)13-11-14(22)15(23)12-16(13)24(18(26)27)20(4,5)17(21)25/h11-12,17,25H,9-10H2,1-8H3,(H,26,27). The highest BCUT2D eigenvalue weighted by molar-refractivity contribution is 9.10. The van der Waals surface area contributed by atoms with Crippen LogP contribution in [0.1, 0.15) is 53.5 Å². The smallest absolute Gasteiger partial charge is 0.412 e. The third-order valence-corrected chi connectivity index (χ3v) is 12.0. The molecule has 0 aliphatic carbocycles. The molecule has 2 N–H and O–H groups in total. The van der Waals surface area contributed by atoms with Crippen LogP contribution in [0.15, 0.2) is 16.6 Å². The van der Waals surface area contributed by atoms with Crippen molar-refractivity contribution >= 4 is 36.0 Å². The van der Waals surface area contributed by atoms with Gasteiger partial charge in [0.15, 0.2) is 8.32 Å². The molecule has 0 saturated carbocycles. The van der Waals surface area contributed by atoms with E-state index in [1.807, 2.05) is 6.92 Å². The molecule has 29 heavy (non-hydrogen) atoms. The van der Waals surface area contributed by atoms with Crippen molar-refractivity contribution in [3.05, 3.63) is 28.0 Å². The second-order valence-electron chi connectivity index (χ2n) is 10.2. The first-order valence-electron chi connectivity index (χ1n) is 9.81. The number of aliphatic hydroxyl groups is 1. The molecule has 8 heteroatoms. The van der Waals surface area contributed by atoms with E-state index in [1.54, 1.807) is 19.9 Å². The predicted octanol–water partition coefficient (Wildman–Crippen LogP) is 5.90. The number of halogens is 2. The van der Waals surface area contributed by atoms with Gasteiger partial charge in [-0.3, -0.25) is 4.90 Å². The van der Waals surface area contributed by atoms with Crippen molar-refractivity contribution in [3.63, 3.8) is 0 Å². The van der Waals surface area contributed by atoms with Gasteiger partial charge >= 0.3 is 6.09 Å². The van der Waals surface area contributed by atoms with Gasteiger partial charge < -0.3 is 14.6 Å². The van der Waals surface area contributed by atoms with Crippen LogP contribution < -0.4 is 4.90 Å². The predicted molar refractivity (Wildman–Crippen MR) is 120 cm³/mol. The fraction of sp³-hybridized carbons (Fsp3) is 0.667. The molecule has 0 spiro atoms. The monoisotopic (exact) mass is 489 g/mol. The Morgan fingerprint density at radius 3 is 2.34 bits per heavy atom. The highest BCUT2D eigenvalue weighted by Crippen LogP contribution is 2.50. The fourth-order valence-corrected chi connectivity index (χ4v) is 5.28. The van der Waals surface area contributed by atoms with Crippen molar-refractivity contribution in [2.45, 2.75) is 83.2 Å². The molecule has 1 heterocycles. The lowest BCUT2D eigenvalue weighted by atomic mass is 9.65. The molecule has 5 nitrogen and oxygen atoms in total. The minimum Gasteiger partial charge on any atom is -0.465 e. The SMILES string of the molecule is CC1(CCO[Si](C)(C)C(C)(C)C)c2cc(Br)c(F)cc2N(C(=O)O)C(C)(C)C1O. The minimum atomic E-state index is -1.98. The van der Waals surface area contributed by atoms with E-state index in [0.717, 1.165) is 4.90 Å². The highest BCUT2D eigenvalue weighted by atomic mass is 79.9. The van der Waals surface area contributed by atoms with Crippen LogP contribution in [0.3, 0.4) is 0 Å². The van der Waals surface area contributed by atoms with Crippen molar-refractivity contribution in [1.82, 2.24) is 0 Å². The zero-order chi connectivity index (χ0) is 22.6. The summed E-state index contributed by atoms with van der Waals surface area (Å²) in [7, 11) is -1.98. The minimum absolute atomic E-state index is 0.0581. The van der Waals surface area contributed by atoms with Crippen LogP contribution in [0.4, 0.5) is 14.9 Å². The van der Waals surface area contributed by atoms with E-state index in [9.17, 15) is 19.4 Å². The van der Waals surface area contributed by atoms with E-state index in [2.05, 4.69) is 49.8 Å². The molecule has 0 saturated heterocycles. The van der Waals surface area contributed by atoms with Crippen LogP contribution in [0.2, 0.25) is 18.1 Å². The zero-order valence-corrected chi connectivity index (χ0v) is 21.1. The summed E-state index contributed by atoms with van der Waals surface area (Å²) >= 11 is 3.21. The number of fused-ring (bicyclic) bond motifs is 1. The van der Waals surface area contributed by atoms with Gasteiger partial charge in [0, 0.05) is 12.0 Å². The van der Waals surface area contributed by atoms with Crippen LogP contribution in [0, 0.1) is 5.82 Å². The van der Waals surface area contributed by atoms with Crippen LogP contribution in [0.25, 0.3) is 0 Å². The molecule has 0 fully saturated rings. The molecule has 2 unspecified atom stereocenters. The van der Waals surface area contributed by atoms with Gasteiger partial charge in [-0.25, -0.2) is 9.18 Å². The number of nitrogens with zero attached hydrogens (tertiary/aromatic N) is 1. The van der Waals surface area contributed by atoms with Gasteiger partial charge in [-0.2, -0.15) is 0 Å². The van der Waals surface area contributed by atoms with Gasteiger partial charge in [-0.05, 0) is 72.0 Å². The Morgan fingerprint density at radius 1 is 1.31 bits per heavy atom. The number of rotatable bonds is 4. The molecule has 0 radical (unpaired) electrons. The Hall–Kier alpha value is -0.963. The topological polar surface area (TPSA) is 70.0 Å². The largest absolute Gasteiger partial charge is 0.465 e. The summed E-state index contributed by atoms with van der Waals surface area (Å²) in [5, 5.41) is 21.2. The Kier molecular flexibility index (Phi) is 6.39. The summed E-state index contributed by atoms with van der Waals surface area (Å²) in [5.41, 5.74) is -1.07. The molecule has 0 aromatic heterocycles. The van der Waals surface area contributed by atoms with Crippen LogP contribution >= 0.6 is 15.9 Å². The van der Waals surface area contributed by atoms with Crippen molar-refractivity contribution in [2.24, 2.45) is 0 Å². The number of benzene rings is 1. The van der Waals surface area contributed by atoms with Crippen molar-refractivity contribution in [2.75, 3.05) is 11.5 Å². The maximum atomic E-state index is 14.3. The lowest BCUT2D eigenvalue weighted by molar-refractivity contribution is 0.0105. The van der Waals surface area contributed by atoms with Crippen LogP contribution in [0.5, 0.6) is 0 Å². The Labute approximate surface area is 182 Å². The summed E-state index contributed by atoms with van der Waals surface area (Å²) in [6.07, 6.45) is -1.74. The third kappa shape index (κ3) is 4.13. The highest BCUT2D eigenvalue weighted by Gasteiger charge is 2.54. The van der Waals surface area contributed by atoms with Gasteiger partial charge in [0.25, 0.3) is 0 Å². The van der Waals surface area contributed by atoms with Crippen LogP contribution in [-0.4, -0.2) is 42.9 Å². The molecular formula is C21H33BrFNO4Si. The lowest BCUT2D eigenvalue weighted by Crippen LogP contribution is -2.65. The summed E-state index contributed by atoms with van der Waals surface area (Å²) < 4.78 is 20.9. The maximum Gasteiger partial charge on any atom is 0.412 e. The molecule has 0 bridgehead atoms. The van der Waals surface area contributed by atoms with Crippen molar-refractivity contribution < 1.29 is 23.8 Å². The lowest BCUT2D eigenvalue weighted by Gasteiger charge is -2.54. The van der Waals surface area contributed by atoms with E-state index >= 15 is 0 Å². The molecule has 1 aromatic carbocycles. The molecule has 1 amide bonds. The number of aliphatic hydroxyl groups excluding tert-OH is 1. The number of carbonyl (C=O) groups is 1. The molecule has 2 rings (SSSR count). The van der Waals surface area contributed by atoms with E-state index < -0.39 is 37.3 Å². The van der Waals surface area contributed by atoms with E-state index in [-0.39, 0.29) is 15.2 Å². The van der Waals surface area contributed by atoms with E-state index in [4.69, 9.17) is 4.43 Å². The van der Waals surface area contributed by atoms with Crippen molar-refractivity contribution in [3.8, 4) is 0 Å². The fourth-order valence-electron chi connectivity index (χ4n) is 3.89. The Balaban J connectivity index is 2.52. The second kappa shape index (κ2) is 7.62. The zero-order valence-electron chi connectivity index (χ0n) is 18.6. The van der Waals surface area contributed by atoms with Gasteiger partial charge in [0.1, 0.15) is 5.82 Å². The van der Waals surface area contributed by atoms with Gasteiger partial charge in [0.2, 0.25) is 0 Å². The molecular weight excluding hydrogens is 457 g/mol. The second-order valence-corrected chi connectivity index (χ2v) is 15.9. The number of anilines is 1. The first-order valence-corrected chi connectivity index (χ1v) is 13.5. The Bertz CT molecular complexity index is 809. The number of hydrogen-bond donors (Lipinski definition) is 2. The van der Waals surface area contributed by atoms with Gasteiger partial charge in [-0.15, -0.1) is 0 Å². The summed E-state index contributed by atoms with van der Waals surface area (Å²) in [5.74, 6) is -0.540. The molecule has 1 aliphatic heterocycles. The quantitative estimate of drug-likeness (QED) is 0.516. The first-order chi connectivity index (χ1) is 13.0. The normalized spacial score (nSPS) is 24.4. The number of hydrogen-bond acceptors (Lipinski definition) is 3. The third-order valence-electron chi connectivity index (χ3n) is 6.83. The maximum absolute atomic E-state index is 14.3. The van der Waals surface area contributed by atoms with Gasteiger partial charge in [-0.1, -0.05) is 27.7 Å². The number of carboxylic acid groups (broad SMARTS) is 1. The summed E-state index contributed by atoms with van der Waals surface area (Å²) in [6, 6.07) is 2.82. The van der Waals surface area contributed by atoms with E-state index in [1.165, 1.54) is 6.07 Å². The Morgan fingerprint density at radius 2 is 1.86 bits per heavy atom. The van der Waals surface area contributed by atoms with Crippen molar-refractivity contribution in [1.29, 1.82) is 0 Å². The molecule has 164 valence electrons. The average molecular weight is 490 g/mol.